The number of hydrogen-bond donors (Lipinski definition) is 2. The Morgan fingerprint density at radius 3 is 2.27 bits per heavy atom. The lowest BCUT2D eigenvalue weighted by Gasteiger charge is -2.27. The minimum Gasteiger partial charge on any atom is -0.295 e. The number of unbranched alkanes of at least 4 members (excludes halogenated alkanes) is 4. The van der Waals surface area contributed by atoms with Crippen molar-refractivity contribution >= 4 is 33.7 Å². The SMILES string of the molecule is Cc1ccc(S(=O)(=O)O)c(CCCCCCCc2ccc3c(c2)C(=O)N(C2CCC(=O)NC2=O)C3=O)c1. The molecule has 2 heterocycles. The fourth-order valence-electron chi connectivity index (χ4n) is 5.00. The monoisotopic (exact) mass is 526 g/mol. The van der Waals surface area contributed by atoms with Crippen LogP contribution < -0.4 is 5.32 Å². The molecule has 0 radical (unpaired) electrons. The number of amides is 4. The lowest BCUT2D eigenvalue weighted by atomic mass is 10.00. The number of hydrogen-bond acceptors (Lipinski definition) is 6. The molecule has 4 rings (SSSR count). The number of benzene rings is 2. The van der Waals surface area contributed by atoms with Crippen LogP contribution in [0.5, 0.6) is 0 Å². The van der Waals surface area contributed by atoms with Crippen LogP contribution in [0.2, 0.25) is 0 Å². The van der Waals surface area contributed by atoms with Crippen molar-refractivity contribution in [3.05, 3.63) is 64.2 Å². The topological polar surface area (TPSA) is 138 Å². The van der Waals surface area contributed by atoms with Gasteiger partial charge in [0.1, 0.15) is 6.04 Å². The van der Waals surface area contributed by atoms with Crippen LogP contribution in [0, 0.1) is 6.92 Å². The molecule has 0 bridgehead atoms. The van der Waals surface area contributed by atoms with Crippen molar-refractivity contribution in [3.8, 4) is 0 Å². The van der Waals surface area contributed by atoms with Crippen LogP contribution >= 0.6 is 0 Å². The number of carbonyl (C=O) groups excluding carboxylic acids is 4. The molecule has 37 heavy (non-hydrogen) atoms. The van der Waals surface area contributed by atoms with Gasteiger partial charge in [-0.2, -0.15) is 8.42 Å². The number of imide groups is 2. The highest BCUT2D eigenvalue weighted by Gasteiger charge is 2.44. The van der Waals surface area contributed by atoms with Crippen LogP contribution in [0.1, 0.15) is 82.4 Å². The first-order valence-corrected chi connectivity index (χ1v) is 13.9. The molecule has 4 amide bonds. The zero-order valence-corrected chi connectivity index (χ0v) is 21.5. The van der Waals surface area contributed by atoms with Gasteiger partial charge in [0.2, 0.25) is 11.8 Å². The molecule has 1 unspecified atom stereocenters. The first kappa shape index (κ1) is 26.7. The Morgan fingerprint density at radius 2 is 1.57 bits per heavy atom. The Balaban J connectivity index is 1.26. The molecule has 196 valence electrons. The summed E-state index contributed by atoms with van der Waals surface area (Å²) >= 11 is 0. The normalized spacial score (nSPS) is 17.8. The zero-order valence-electron chi connectivity index (χ0n) is 20.7. The summed E-state index contributed by atoms with van der Waals surface area (Å²) in [7, 11) is -4.24. The molecule has 2 aromatic rings. The van der Waals surface area contributed by atoms with E-state index in [-0.39, 0.29) is 23.3 Å². The van der Waals surface area contributed by atoms with Crippen LogP contribution in [0.25, 0.3) is 0 Å². The molecule has 0 saturated carbocycles. The van der Waals surface area contributed by atoms with E-state index in [2.05, 4.69) is 5.32 Å². The van der Waals surface area contributed by atoms with Crippen molar-refractivity contribution in [1.82, 2.24) is 10.2 Å². The van der Waals surface area contributed by atoms with Crippen molar-refractivity contribution in [2.24, 2.45) is 0 Å². The van der Waals surface area contributed by atoms with Crippen LogP contribution in [0.15, 0.2) is 41.3 Å². The molecular weight excluding hydrogens is 496 g/mol. The van der Waals surface area contributed by atoms with Gasteiger partial charge in [-0.05, 0) is 68.4 Å². The molecule has 2 N–H and O–H groups in total. The number of nitrogens with one attached hydrogen (secondary N) is 1. The number of rotatable bonds is 10. The predicted octanol–water partition coefficient (Wildman–Crippen LogP) is 3.38. The molecule has 9 nitrogen and oxygen atoms in total. The van der Waals surface area contributed by atoms with Gasteiger partial charge >= 0.3 is 0 Å². The fourth-order valence-corrected chi connectivity index (χ4v) is 5.74. The van der Waals surface area contributed by atoms with E-state index in [9.17, 15) is 32.1 Å². The van der Waals surface area contributed by atoms with E-state index >= 15 is 0 Å². The summed E-state index contributed by atoms with van der Waals surface area (Å²) in [6.45, 7) is 1.88. The first-order valence-electron chi connectivity index (χ1n) is 12.5. The molecule has 1 atom stereocenters. The molecule has 2 aromatic carbocycles. The van der Waals surface area contributed by atoms with E-state index in [1.54, 1.807) is 24.3 Å². The highest BCUT2D eigenvalue weighted by atomic mass is 32.2. The van der Waals surface area contributed by atoms with Gasteiger partial charge < -0.3 is 0 Å². The largest absolute Gasteiger partial charge is 0.295 e. The molecule has 0 spiro atoms. The summed E-state index contributed by atoms with van der Waals surface area (Å²) in [5.41, 5.74) is 3.07. The van der Waals surface area contributed by atoms with E-state index in [0.717, 1.165) is 54.6 Å². The predicted molar refractivity (Wildman–Crippen MR) is 135 cm³/mol. The van der Waals surface area contributed by atoms with Crippen LogP contribution in [-0.4, -0.2) is 47.5 Å². The number of piperidine rings is 1. The second-order valence-corrected chi connectivity index (χ2v) is 11.1. The Kier molecular flexibility index (Phi) is 7.89. The molecule has 2 aliphatic rings. The summed E-state index contributed by atoms with van der Waals surface area (Å²) in [6, 6.07) is 9.11. The summed E-state index contributed by atoms with van der Waals surface area (Å²) < 4.78 is 32.6. The Labute approximate surface area is 216 Å². The minimum absolute atomic E-state index is 0.0288. The van der Waals surface area contributed by atoms with E-state index in [1.807, 2.05) is 13.0 Å². The third-order valence-corrected chi connectivity index (χ3v) is 7.86. The van der Waals surface area contributed by atoms with E-state index in [0.29, 0.717) is 17.5 Å². The molecular formula is C27H30N2O7S. The number of aryl methyl sites for hydroxylation is 3. The van der Waals surface area contributed by atoms with E-state index in [4.69, 9.17) is 0 Å². The van der Waals surface area contributed by atoms with Crippen LogP contribution in [0.3, 0.4) is 0 Å². The maximum absolute atomic E-state index is 12.9. The molecule has 2 aliphatic heterocycles. The summed E-state index contributed by atoms with van der Waals surface area (Å²) in [5.74, 6) is -2.04. The maximum Gasteiger partial charge on any atom is 0.294 e. The van der Waals surface area contributed by atoms with Gasteiger partial charge in [0.05, 0.1) is 16.0 Å². The maximum atomic E-state index is 12.9. The number of fused-ring (bicyclic) bond motifs is 1. The molecule has 1 saturated heterocycles. The summed E-state index contributed by atoms with van der Waals surface area (Å²) in [6.07, 6.45) is 6.03. The van der Waals surface area contributed by atoms with E-state index < -0.39 is 39.8 Å². The van der Waals surface area contributed by atoms with Crippen molar-refractivity contribution < 1.29 is 32.1 Å². The fraction of sp³-hybridized carbons (Fsp3) is 0.407. The van der Waals surface area contributed by atoms with Gasteiger partial charge in [0, 0.05) is 6.42 Å². The Hall–Kier alpha value is -3.37. The quantitative estimate of drug-likeness (QED) is 0.275. The van der Waals surface area contributed by atoms with Gasteiger partial charge in [-0.25, -0.2) is 0 Å². The second-order valence-electron chi connectivity index (χ2n) is 9.68. The van der Waals surface area contributed by atoms with Gasteiger partial charge in [-0.1, -0.05) is 43.0 Å². The van der Waals surface area contributed by atoms with Crippen molar-refractivity contribution in [2.75, 3.05) is 0 Å². The summed E-state index contributed by atoms with van der Waals surface area (Å²) in [4.78, 5) is 50.3. The Bertz CT molecular complexity index is 1370. The third kappa shape index (κ3) is 5.97. The smallest absolute Gasteiger partial charge is 0.294 e. The van der Waals surface area contributed by atoms with Crippen molar-refractivity contribution in [2.45, 2.75) is 75.6 Å². The molecule has 0 aliphatic carbocycles. The van der Waals surface area contributed by atoms with Gasteiger partial charge in [-0.15, -0.1) is 0 Å². The Morgan fingerprint density at radius 1 is 0.892 bits per heavy atom. The number of carbonyl (C=O) groups is 4. The molecule has 0 aromatic heterocycles. The average molecular weight is 527 g/mol. The van der Waals surface area contributed by atoms with Gasteiger partial charge in [0.25, 0.3) is 21.9 Å². The minimum atomic E-state index is -4.24. The van der Waals surface area contributed by atoms with Gasteiger partial charge in [-0.3, -0.25) is 33.9 Å². The zero-order chi connectivity index (χ0) is 26.7. The lowest BCUT2D eigenvalue weighted by Crippen LogP contribution is -2.54. The second kappa shape index (κ2) is 10.9. The first-order chi connectivity index (χ1) is 17.6. The lowest BCUT2D eigenvalue weighted by molar-refractivity contribution is -0.136. The van der Waals surface area contributed by atoms with Gasteiger partial charge in [0.15, 0.2) is 0 Å². The third-order valence-electron chi connectivity index (χ3n) is 6.91. The molecule has 1 fully saturated rings. The van der Waals surface area contributed by atoms with Crippen LogP contribution in [-0.2, 0) is 32.5 Å². The number of nitrogens with zero attached hydrogens (tertiary/aromatic N) is 1. The standard InChI is InChI=1S/C27H30N2O7S/c1-17-9-13-23(37(34,35)36)19(15-17)8-6-4-2-3-5-7-18-10-11-20-21(16-18)27(33)29(26(20)32)22-12-14-24(30)28-25(22)31/h9-11,13,15-16,22H,2-8,12,14H2,1H3,(H,28,30,31)(H,34,35,36). The van der Waals surface area contributed by atoms with Crippen molar-refractivity contribution in [1.29, 1.82) is 0 Å². The highest BCUT2D eigenvalue weighted by Crippen LogP contribution is 2.29. The van der Waals surface area contributed by atoms with Crippen molar-refractivity contribution in [3.63, 3.8) is 0 Å². The van der Waals surface area contributed by atoms with E-state index in [1.165, 1.54) is 6.07 Å². The summed E-state index contributed by atoms with van der Waals surface area (Å²) in [5, 5.41) is 2.19. The molecule has 10 heteroatoms. The average Bonchev–Trinajstić information content (AvgIpc) is 3.07. The highest BCUT2D eigenvalue weighted by molar-refractivity contribution is 7.85. The van der Waals surface area contributed by atoms with Crippen LogP contribution in [0.4, 0.5) is 0 Å².